The fourth-order valence-corrected chi connectivity index (χ4v) is 2.22. The summed E-state index contributed by atoms with van der Waals surface area (Å²) in [5.74, 6) is -0.283. The second kappa shape index (κ2) is 6.29. The molecule has 19 heavy (non-hydrogen) atoms. The first-order valence-electron chi connectivity index (χ1n) is 5.80. The van der Waals surface area contributed by atoms with Crippen LogP contribution in [0.2, 0.25) is 0 Å². The van der Waals surface area contributed by atoms with E-state index < -0.39 is 0 Å². The van der Waals surface area contributed by atoms with Gasteiger partial charge in [-0.2, -0.15) is 0 Å². The third kappa shape index (κ3) is 4.03. The van der Waals surface area contributed by atoms with Gasteiger partial charge in [0, 0.05) is 11.4 Å². The molecule has 0 aliphatic carbocycles. The van der Waals surface area contributed by atoms with Crippen LogP contribution in [0.5, 0.6) is 0 Å². The molecule has 2 aromatic rings. The van der Waals surface area contributed by atoms with Crippen LogP contribution < -0.4 is 10.6 Å². The maximum absolute atomic E-state index is 12.7. The molecule has 2 amide bonds. The predicted molar refractivity (Wildman–Crippen MR) is 72.3 cm³/mol. The van der Waals surface area contributed by atoms with E-state index in [0.29, 0.717) is 13.1 Å². The number of hydrogen-bond donors (Lipinski definition) is 2. The van der Waals surface area contributed by atoms with E-state index in [0.717, 1.165) is 16.1 Å². The molecule has 0 radical (unpaired) electrons. The Bertz CT molecular complexity index is 553. The molecule has 0 aliphatic rings. The van der Waals surface area contributed by atoms with Crippen molar-refractivity contribution < 1.29 is 9.18 Å². The van der Waals surface area contributed by atoms with Crippen molar-refractivity contribution in [1.29, 1.82) is 0 Å². The fraction of sp³-hybridized carbons (Fsp3) is 0.231. The summed E-state index contributed by atoms with van der Waals surface area (Å²) >= 11 is 1.51. The summed E-state index contributed by atoms with van der Waals surface area (Å²) in [6.45, 7) is 2.74. The van der Waals surface area contributed by atoms with Crippen LogP contribution in [0.4, 0.5) is 9.18 Å². The van der Waals surface area contributed by atoms with Crippen molar-refractivity contribution in [3.8, 4) is 0 Å². The fourth-order valence-electron chi connectivity index (χ4n) is 1.50. The van der Waals surface area contributed by atoms with Crippen molar-refractivity contribution in [2.45, 2.75) is 20.0 Å². The Hall–Kier alpha value is -1.95. The number of rotatable bonds is 4. The Kier molecular flexibility index (Phi) is 4.46. The van der Waals surface area contributed by atoms with Crippen molar-refractivity contribution in [2.75, 3.05) is 0 Å². The minimum atomic E-state index is -0.283. The van der Waals surface area contributed by atoms with E-state index >= 15 is 0 Å². The topological polar surface area (TPSA) is 54.0 Å². The van der Waals surface area contributed by atoms with Gasteiger partial charge in [-0.25, -0.2) is 14.2 Å². The number of aromatic nitrogens is 1. The Labute approximate surface area is 114 Å². The van der Waals surface area contributed by atoms with Gasteiger partial charge >= 0.3 is 6.03 Å². The molecule has 6 heteroatoms. The van der Waals surface area contributed by atoms with Gasteiger partial charge in [0.25, 0.3) is 0 Å². The van der Waals surface area contributed by atoms with Crippen molar-refractivity contribution in [2.24, 2.45) is 0 Å². The number of halogens is 1. The highest BCUT2D eigenvalue weighted by atomic mass is 32.1. The molecular formula is C13H14FN3OS. The van der Waals surface area contributed by atoms with Crippen LogP contribution in [-0.2, 0) is 13.1 Å². The van der Waals surface area contributed by atoms with Gasteiger partial charge in [-0.3, -0.25) is 0 Å². The number of urea groups is 1. The minimum absolute atomic E-state index is 0.253. The first kappa shape index (κ1) is 13.5. The SMILES string of the molecule is Cc1ncsc1CNC(=O)NCc1ccc(F)cc1. The number of hydrogen-bond acceptors (Lipinski definition) is 3. The Morgan fingerprint density at radius 2 is 1.95 bits per heavy atom. The Balaban J connectivity index is 1.76. The zero-order valence-electron chi connectivity index (χ0n) is 10.4. The van der Waals surface area contributed by atoms with E-state index in [1.165, 1.54) is 23.5 Å². The molecule has 4 nitrogen and oxygen atoms in total. The van der Waals surface area contributed by atoms with Crippen LogP contribution in [0.1, 0.15) is 16.1 Å². The summed E-state index contributed by atoms with van der Waals surface area (Å²) in [6.07, 6.45) is 0. The van der Waals surface area contributed by atoms with Gasteiger partial charge < -0.3 is 10.6 Å². The maximum atomic E-state index is 12.7. The average molecular weight is 279 g/mol. The van der Waals surface area contributed by atoms with Gasteiger partial charge in [0.15, 0.2) is 0 Å². The van der Waals surface area contributed by atoms with E-state index in [-0.39, 0.29) is 11.8 Å². The third-order valence-corrected chi connectivity index (χ3v) is 3.56. The highest BCUT2D eigenvalue weighted by molar-refractivity contribution is 7.09. The van der Waals surface area contributed by atoms with E-state index in [4.69, 9.17) is 0 Å². The largest absolute Gasteiger partial charge is 0.334 e. The van der Waals surface area contributed by atoms with E-state index in [1.54, 1.807) is 17.6 Å². The standard InChI is InChI=1S/C13H14FN3OS/c1-9-12(19-8-17-9)7-16-13(18)15-6-10-2-4-11(14)5-3-10/h2-5,8H,6-7H2,1H3,(H2,15,16,18). The van der Waals surface area contributed by atoms with Crippen LogP contribution >= 0.6 is 11.3 Å². The predicted octanol–water partition coefficient (Wildman–Crippen LogP) is 2.59. The number of nitrogens with one attached hydrogen (secondary N) is 2. The van der Waals surface area contributed by atoms with E-state index in [2.05, 4.69) is 15.6 Å². The van der Waals surface area contributed by atoms with Crippen molar-refractivity contribution in [1.82, 2.24) is 15.6 Å². The molecule has 0 saturated carbocycles. The number of benzene rings is 1. The van der Waals surface area contributed by atoms with Gasteiger partial charge in [0.05, 0.1) is 17.7 Å². The molecule has 0 atom stereocenters. The summed E-state index contributed by atoms with van der Waals surface area (Å²) < 4.78 is 12.7. The number of amides is 2. The first-order valence-corrected chi connectivity index (χ1v) is 6.68. The monoisotopic (exact) mass is 279 g/mol. The van der Waals surface area contributed by atoms with Gasteiger partial charge in [-0.05, 0) is 24.6 Å². The van der Waals surface area contributed by atoms with Gasteiger partial charge in [-0.1, -0.05) is 12.1 Å². The highest BCUT2D eigenvalue weighted by Crippen LogP contribution is 2.11. The van der Waals surface area contributed by atoms with Crippen LogP contribution in [0.3, 0.4) is 0 Å². The quantitative estimate of drug-likeness (QED) is 0.904. The molecule has 1 aromatic carbocycles. The van der Waals surface area contributed by atoms with Crippen LogP contribution in [0.15, 0.2) is 29.8 Å². The molecule has 0 aliphatic heterocycles. The second-order valence-electron chi connectivity index (χ2n) is 4.02. The second-order valence-corrected chi connectivity index (χ2v) is 4.96. The average Bonchev–Trinajstić information content (AvgIpc) is 2.81. The molecule has 1 heterocycles. The molecule has 100 valence electrons. The molecule has 0 bridgehead atoms. The molecule has 2 N–H and O–H groups in total. The Morgan fingerprint density at radius 3 is 2.58 bits per heavy atom. The van der Waals surface area contributed by atoms with Crippen LogP contribution in [-0.4, -0.2) is 11.0 Å². The van der Waals surface area contributed by atoms with Crippen molar-refractivity contribution in [3.05, 3.63) is 51.7 Å². The minimum Gasteiger partial charge on any atom is -0.334 e. The molecular weight excluding hydrogens is 265 g/mol. The summed E-state index contributed by atoms with van der Waals surface area (Å²) in [4.78, 5) is 16.7. The molecule has 0 unspecified atom stereocenters. The lowest BCUT2D eigenvalue weighted by molar-refractivity contribution is 0.240. The molecule has 0 spiro atoms. The maximum Gasteiger partial charge on any atom is 0.315 e. The van der Waals surface area contributed by atoms with Crippen LogP contribution in [0.25, 0.3) is 0 Å². The Morgan fingerprint density at radius 1 is 1.26 bits per heavy atom. The van der Waals surface area contributed by atoms with Gasteiger partial charge in [-0.15, -0.1) is 11.3 Å². The zero-order valence-corrected chi connectivity index (χ0v) is 11.3. The van der Waals surface area contributed by atoms with E-state index in [1.807, 2.05) is 6.92 Å². The number of carbonyl (C=O) groups is 1. The third-order valence-electron chi connectivity index (χ3n) is 2.62. The van der Waals surface area contributed by atoms with E-state index in [9.17, 15) is 9.18 Å². The lowest BCUT2D eigenvalue weighted by Gasteiger charge is -2.07. The van der Waals surface area contributed by atoms with Gasteiger partial charge in [0.2, 0.25) is 0 Å². The normalized spacial score (nSPS) is 10.2. The highest BCUT2D eigenvalue weighted by Gasteiger charge is 2.04. The van der Waals surface area contributed by atoms with Crippen LogP contribution in [0, 0.1) is 12.7 Å². The lowest BCUT2D eigenvalue weighted by Crippen LogP contribution is -2.34. The summed E-state index contributed by atoms with van der Waals surface area (Å²) in [5.41, 5.74) is 3.54. The van der Waals surface area contributed by atoms with Crippen molar-refractivity contribution in [3.63, 3.8) is 0 Å². The van der Waals surface area contributed by atoms with Gasteiger partial charge in [0.1, 0.15) is 5.82 Å². The first-order chi connectivity index (χ1) is 9.15. The smallest absolute Gasteiger partial charge is 0.315 e. The number of nitrogens with zero attached hydrogens (tertiary/aromatic N) is 1. The summed E-state index contributed by atoms with van der Waals surface area (Å²) in [7, 11) is 0. The molecule has 2 rings (SSSR count). The molecule has 0 saturated heterocycles. The summed E-state index contributed by atoms with van der Waals surface area (Å²) in [6, 6.07) is 5.77. The zero-order chi connectivity index (χ0) is 13.7. The summed E-state index contributed by atoms with van der Waals surface area (Å²) in [5, 5.41) is 5.47. The molecule has 0 fully saturated rings. The number of aryl methyl sites for hydroxylation is 1. The number of carbonyl (C=O) groups excluding carboxylic acids is 1. The van der Waals surface area contributed by atoms with Crippen molar-refractivity contribution >= 4 is 17.4 Å². The molecule has 1 aromatic heterocycles. The lowest BCUT2D eigenvalue weighted by atomic mass is 10.2. The number of thiazole rings is 1.